The molecule has 19 heavy (non-hydrogen) atoms. The van der Waals surface area contributed by atoms with Crippen molar-refractivity contribution in [1.29, 1.82) is 0 Å². The minimum absolute atomic E-state index is 0. The number of hydrogen-bond acceptors (Lipinski definition) is 2. The van der Waals surface area contributed by atoms with Crippen LogP contribution in [-0.4, -0.2) is 23.4 Å². The van der Waals surface area contributed by atoms with Gasteiger partial charge in [-0.2, -0.15) is 5.10 Å². The Morgan fingerprint density at radius 2 is 1.89 bits per heavy atom. The van der Waals surface area contributed by atoms with Crippen molar-refractivity contribution in [2.45, 2.75) is 6.54 Å². The van der Waals surface area contributed by atoms with Crippen LogP contribution in [0.15, 0.2) is 42.7 Å². The molecule has 0 saturated heterocycles. The van der Waals surface area contributed by atoms with E-state index in [1.165, 1.54) is 18.2 Å². The third-order valence-electron chi connectivity index (χ3n) is 2.41. The summed E-state index contributed by atoms with van der Waals surface area (Å²) in [6.07, 6.45) is 3.33. The van der Waals surface area contributed by atoms with Gasteiger partial charge in [0.2, 0.25) is 0 Å². The van der Waals surface area contributed by atoms with Gasteiger partial charge in [0.25, 0.3) is 0 Å². The molecule has 0 spiro atoms. The predicted molar refractivity (Wildman–Crippen MR) is 62.9 cm³/mol. The topological polar surface area (TPSA) is 27.1 Å². The number of nitrogens with zero attached hydrogens (tertiary/aromatic N) is 2. The van der Waals surface area contributed by atoms with Gasteiger partial charge in [-0.15, -0.1) is 0 Å². The van der Waals surface area contributed by atoms with Gasteiger partial charge in [0.05, 0.1) is 12.3 Å². The molecule has 2 aromatic rings. The summed E-state index contributed by atoms with van der Waals surface area (Å²) < 4.78 is 44.9. The summed E-state index contributed by atoms with van der Waals surface area (Å²) in [4.78, 5) is 0. The molecule has 0 aliphatic heterocycles. The van der Waals surface area contributed by atoms with E-state index in [0.29, 0.717) is 6.54 Å². The van der Waals surface area contributed by atoms with E-state index in [0.717, 1.165) is 6.07 Å². The summed E-state index contributed by atoms with van der Waals surface area (Å²) >= 11 is 0. The van der Waals surface area contributed by atoms with Crippen molar-refractivity contribution in [3.8, 4) is 5.75 Å². The largest absolute Gasteiger partial charge is 1.00 e. The third-order valence-corrected chi connectivity index (χ3v) is 2.41. The van der Waals surface area contributed by atoms with Crippen molar-refractivity contribution < 1.29 is 69.1 Å². The summed E-state index contributed by atoms with van der Waals surface area (Å²) in [6.45, 7) is -4.50. The summed E-state index contributed by atoms with van der Waals surface area (Å²) in [5.41, 5.74) is -0.696. The molecule has 0 N–H and O–H groups in total. The van der Waals surface area contributed by atoms with Gasteiger partial charge >= 0.3 is 58.4 Å². The van der Waals surface area contributed by atoms with Gasteiger partial charge in [-0.05, 0) is 12.1 Å². The Kier molecular flexibility index (Phi) is 6.61. The zero-order valence-electron chi connectivity index (χ0n) is 10.5. The van der Waals surface area contributed by atoms with E-state index in [1.807, 2.05) is 0 Å². The average Bonchev–Trinajstić information content (AvgIpc) is 2.81. The smallest absolute Gasteiger partial charge is 0.495 e. The second-order valence-corrected chi connectivity index (χ2v) is 3.73. The molecule has 2 rings (SSSR count). The zero-order chi connectivity index (χ0) is 13.0. The third kappa shape index (κ3) is 4.96. The van der Waals surface area contributed by atoms with Crippen molar-refractivity contribution in [1.82, 2.24) is 9.78 Å². The molecule has 0 saturated carbocycles. The standard InChI is InChI=1S/C11H11BF3N2O.K/c13-12(14,15)10-4-1-2-5-11(10)18-9-8-17-7-3-6-16-17;/h1-7H,8-9H2;/q-1;+1. The Balaban J connectivity index is 0.00000180. The molecule has 1 heterocycles. The first-order chi connectivity index (χ1) is 8.57. The minimum atomic E-state index is -5.05. The normalized spacial score (nSPS) is 10.9. The first-order valence-electron chi connectivity index (χ1n) is 5.46. The summed E-state index contributed by atoms with van der Waals surface area (Å²) in [5, 5.41) is 3.94. The first-order valence-corrected chi connectivity index (χ1v) is 5.46. The van der Waals surface area contributed by atoms with E-state index >= 15 is 0 Å². The molecule has 0 atom stereocenters. The van der Waals surface area contributed by atoms with E-state index in [1.54, 1.807) is 23.1 Å². The van der Waals surface area contributed by atoms with Crippen LogP contribution in [-0.2, 0) is 6.54 Å². The SMILES string of the molecule is F[B-](F)(F)c1ccccc1OCCn1cccn1.[K+]. The monoisotopic (exact) mass is 294 g/mol. The number of halogens is 3. The van der Waals surface area contributed by atoms with Crippen molar-refractivity contribution >= 4 is 12.4 Å². The number of hydrogen-bond donors (Lipinski definition) is 0. The first kappa shape index (κ1) is 16.8. The molecule has 1 aromatic heterocycles. The Labute approximate surface area is 151 Å². The molecule has 1 aromatic carbocycles. The van der Waals surface area contributed by atoms with Crippen LogP contribution in [0.2, 0.25) is 0 Å². The van der Waals surface area contributed by atoms with Crippen LogP contribution >= 0.6 is 0 Å². The molecule has 0 aliphatic carbocycles. The van der Waals surface area contributed by atoms with Gasteiger partial charge in [0, 0.05) is 12.4 Å². The molecule has 0 radical (unpaired) electrons. The van der Waals surface area contributed by atoms with Gasteiger partial charge < -0.3 is 17.7 Å². The number of benzene rings is 1. The summed E-state index contributed by atoms with van der Waals surface area (Å²) in [7, 11) is 0. The second kappa shape index (κ2) is 7.49. The number of aromatic nitrogens is 2. The fourth-order valence-electron chi connectivity index (χ4n) is 1.56. The fourth-order valence-corrected chi connectivity index (χ4v) is 1.56. The molecular weight excluding hydrogens is 283 g/mol. The Morgan fingerprint density at radius 3 is 2.53 bits per heavy atom. The van der Waals surface area contributed by atoms with Crippen LogP contribution in [0, 0.1) is 0 Å². The van der Waals surface area contributed by atoms with Crippen LogP contribution < -0.4 is 61.6 Å². The van der Waals surface area contributed by atoms with Crippen LogP contribution in [0.4, 0.5) is 12.9 Å². The average molecular weight is 294 g/mol. The van der Waals surface area contributed by atoms with Gasteiger partial charge in [-0.1, -0.05) is 23.7 Å². The van der Waals surface area contributed by atoms with Gasteiger partial charge in [0.1, 0.15) is 6.61 Å². The molecule has 0 fully saturated rings. The maximum atomic E-state index is 12.7. The van der Waals surface area contributed by atoms with E-state index in [2.05, 4.69) is 5.10 Å². The molecule has 96 valence electrons. The van der Waals surface area contributed by atoms with Crippen LogP contribution in [0.1, 0.15) is 0 Å². The second-order valence-electron chi connectivity index (χ2n) is 3.73. The molecule has 0 aliphatic rings. The van der Waals surface area contributed by atoms with Gasteiger partial charge in [-0.25, -0.2) is 0 Å². The van der Waals surface area contributed by atoms with E-state index in [-0.39, 0.29) is 63.7 Å². The van der Waals surface area contributed by atoms with E-state index in [9.17, 15) is 12.9 Å². The number of para-hydroxylation sites is 1. The van der Waals surface area contributed by atoms with Crippen molar-refractivity contribution in [2.75, 3.05) is 6.61 Å². The number of rotatable bonds is 5. The molecule has 0 unspecified atom stereocenters. The van der Waals surface area contributed by atoms with Crippen molar-refractivity contribution in [2.24, 2.45) is 0 Å². The maximum absolute atomic E-state index is 12.7. The molecule has 3 nitrogen and oxygen atoms in total. The predicted octanol–water partition coefficient (Wildman–Crippen LogP) is -0.979. The van der Waals surface area contributed by atoms with Crippen molar-refractivity contribution in [3.05, 3.63) is 42.7 Å². The quantitative estimate of drug-likeness (QED) is 0.663. The molecule has 0 amide bonds. The molecule has 0 bridgehead atoms. The molecular formula is C11H11BF3KN2O. The Hall–Kier alpha value is -0.279. The van der Waals surface area contributed by atoms with Crippen LogP contribution in [0.25, 0.3) is 0 Å². The summed E-state index contributed by atoms with van der Waals surface area (Å²) in [6, 6.07) is 6.98. The van der Waals surface area contributed by atoms with E-state index < -0.39 is 12.4 Å². The zero-order valence-corrected chi connectivity index (χ0v) is 13.6. The Morgan fingerprint density at radius 1 is 1.16 bits per heavy atom. The van der Waals surface area contributed by atoms with Crippen LogP contribution in [0.3, 0.4) is 0 Å². The Bertz CT molecular complexity index is 505. The van der Waals surface area contributed by atoms with Crippen LogP contribution in [0.5, 0.6) is 5.75 Å². The minimum Gasteiger partial charge on any atom is -0.495 e. The number of ether oxygens (including phenoxy) is 1. The van der Waals surface area contributed by atoms with Crippen molar-refractivity contribution in [3.63, 3.8) is 0 Å². The molecule has 8 heteroatoms. The summed E-state index contributed by atoms with van der Waals surface area (Å²) in [5.74, 6) is -0.128. The maximum Gasteiger partial charge on any atom is 1.00 e. The van der Waals surface area contributed by atoms with Gasteiger partial charge in [-0.3, -0.25) is 4.68 Å². The van der Waals surface area contributed by atoms with E-state index in [4.69, 9.17) is 4.74 Å². The van der Waals surface area contributed by atoms with Gasteiger partial charge in [0.15, 0.2) is 0 Å². The fraction of sp³-hybridized carbons (Fsp3) is 0.182.